The van der Waals surface area contributed by atoms with Crippen LogP contribution >= 0.6 is 11.8 Å². The first-order valence-electron chi connectivity index (χ1n) is 7.03. The fourth-order valence-corrected chi connectivity index (χ4v) is 4.57. The summed E-state index contributed by atoms with van der Waals surface area (Å²) in [6.07, 6.45) is 0. The van der Waals surface area contributed by atoms with Gasteiger partial charge in [-0.05, 0) is 24.1 Å². The molecule has 21 heavy (non-hydrogen) atoms. The number of rotatable bonds is 6. The Labute approximate surface area is 130 Å². The van der Waals surface area contributed by atoms with Crippen LogP contribution in [0.5, 0.6) is 0 Å². The van der Waals surface area contributed by atoms with Gasteiger partial charge in [-0.25, -0.2) is 13.1 Å². The van der Waals surface area contributed by atoms with E-state index in [-0.39, 0.29) is 11.5 Å². The van der Waals surface area contributed by atoms with E-state index in [2.05, 4.69) is 9.62 Å². The van der Waals surface area contributed by atoms with Gasteiger partial charge in [-0.15, -0.1) is 0 Å². The molecule has 1 aromatic carbocycles. The summed E-state index contributed by atoms with van der Waals surface area (Å²) in [4.78, 5) is 2.53. The summed E-state index contributed by atoms with van der Waals surface area (Å²) in [5.41, 5.74) is 1.29. The molecule has 1 saturated heterocycles. The van der Waals surface area contributed by atoms with Crippen molar-refractivity contribution in [3.63, 3.8) is 0 Å². The van der Waals surface area contributed by atoms with Crippen molar-refractivity contribution in [2.75, 3.05) is 37.7 Å². The van der Waals surface area contributed by atoms with E-state index in [1.165, 1.54) is 6.07 Å². The average molecular weight is 330 g/mol. The molecule has 0 saturated carbocycles. The van der Waals surface area contributed by atoms with Gasteiger partial charge in [-0.1, -0.05) is 12.1 Å². The van der Waals surface area contributed by atoms with Crippen molar-refractivity contribution in [1.29, 1.82) is 0 Å². The molecule has 1 aliphatic heterocycles. The molecule has 0 bridgehead atoms. The van der Waals surface area contributed by atoms with E-state index >= 15 is 0 Å². The van der Waals surface area contributed by atoms with Gasteiger partial charge in [0.05, 0.1) is 11.5 Å². The Morgan fingerprint density at radius 2 is 2.05 bits per heavy atom. The van der Waals surface area contributed by atoms with Crippen molar-refractivity contribution < 1.29 is 13.5 Å². The van der Waals surface area contributed by atoms with Crippen molar-refractivity contribution in [3.05, 3.63) is 29.3 Å². The van der Waals surface area contributed by atoms with Crippen LogP contribution in [0.3, 0.4) is 0 Å². The van der Waals surface area contributed by atoms with Gasteiger partial charge in [0.1, 0.15) is 0 Å². The van der Waals surface area contributed by atoms with Crippen LogP contribution in [-0.4, -0.2) is 56.1 Å². The zero-order valence-corrected chi connectivity index (χ0v) is 13.8. The normalized spacial score (nSPS) is 17.0. The van der Waals surface area contributed by atoms with Crippen molar-refractivity contribution in [3.8, 4) is 0 Å². The number of hydrogen-bond donors (Lipinski definition) is 2. The second kappa shape index (κ2) is 7.60. The fourth-order valence-electron chi connectivity index (χ4n) is 2.27. The van der Waals surface area contributed by atoms with Crippen LogP contribution in [0, 0.1) is 6.92 Å². The molecule has 118 valence electrons. The SMILES string of the molecule is Cc1ccc(CO)cc1S(=O)(=O)NCCN1CCSCC1. The van der Waals surface area contributed by atoms with E-state index in [1.54, 1.807) is 19.1 Å². The molecule has 2 N–H and O–H groups in total. The number of aryl methyl sites for hydroxylation is 1. The molecule has 0 radical (unpaired) electrons. The molecule has 0 unspecified atom stereocenters. The molecule has 1 fully saturated rings. The number of nitrogens with zero attached hydrogens (tertiary/aromatic N) is 1. The number of thioether (sulfide) groups is 1. The number of hydrogen-bond acceptors (Lipinski definition) is 5. The van der Waals surface area contributed by atoms with Crippen LogP contribution in [-0.2, 0) is 16.6 Å². The summed E-state index contributed by atoms with van der Waals surface area (Å²) < 4.78 is 27.4. The molecule has 0 atom stereocenters. The summed E-state index contributed by atoms with van der Waals surface area (Å²) in [6.45, 7) is 4.79. The quantitative estimate of drug-likeness (QED) is 0.808. The van der Waals surface area contributed by atoms with Gasteiger partial charge < -0.3 is 10.0 Å². The average Bonchev–Trinajstić information content (AvgIpc) is 2.48. The largest absolute Gasteiger partial charge is 0.392 e. The maximum atomic E-state index is 12.3. The zero-order valence-electron chi connectivity index (χ0n) is 12.2. The molecule has 0 aliphatic carbocycles. The highest BCUT2D eigenvalue weighted by atomic mass is 32.2. The van der Waals surface area contributed by atoms with Gasteiger partial charge >= 0.3 is 0 Å². The molecule has 7 heteroatoms. The molecule has 1 aromatic rings. The summed E-state index contributed by atoms with van der Waals surface area (Å²) in [6, 6.07) is 5.00. The van der Waals surface area contributed by atoms with Gasteiger partial charge in [0, 0.05) is 37.7 Å². The third-order valence-corrected chi connectivity index (χ3v) is 6.09. The highest BCUT2D eigenvalue weighted by molar-refractivity contribution is 7.99. The minimum Gasteiger partial charge on any atom is -0.392 e. The first kappa shape index (κ1) is 16.8. The lowest BCUT2D eigenvalue weighted by Gasteiger charge is -2.26. The Kier molecular flexibility index (Phi) is 6.07. The standard InChI is InChI=1S/C14H22N2O3S2/c1-12-2-3-13(11-17)10-14(12)21(18,19)15-4-5-16-6-8-20-9-7-16/h2-3,10,15,17H,4-9,11H2,1H3. The molecule has 2 rings (SSSR count). The predicted molar refractivity (Wildman–Crippen MR) is 86.1 cm³/mol. The van der Waals surface area contributed by atoms with Crippen LogP contribution in [0.2, 0.25) is 0 Å². The van der Waals surface area contributed by atoms with E-state index in [0.29, 0.717) is 17.7 Å². The van der Waals surface area contributed by atoms with E-state index < -0.39 is 10.0 Å². The molecule has 0 amide bonds. The van der Waals surface area contributed by atoms with E-state index in [0.717, 1.165) is 31.1 Å². The molecule has 1 aliphatic rings. The Morgan fingerprint density at radius 1 is 1.33 bits per heavy atom. The highest BCUT2D eigenvalue weighted by Crippen LogP contribution is 2.17. The van der Waals surface area contributed by atoms with Crippen molar-refractivity contribution in [1.82, 2.24) is 9.62 Å². The van der Waals surface area contributed by atoms with E-state index in [4.69, 9.17) is 5.11 Å². The van der Waals surface area contributed by atoms with Crippen molar-refractivity contribution in [2.45, 2.75) is 18.4 Å². The second-order valence-corrected chi connectivity index (χ2v) is 8.07. The third kappa shape index (κ3) is 4.69. The van der Waals surface area contributed by atoms with Crippen LogP contribution in [0.4, 0.5) is 0 Å². The van der Waals surface area contributed by atoms with Crippen LogP contribution in [0.1, 0.15) is 11.1 Å². The number of sulfonamides is 1. The lowest BCUT2D eigenvalue weighted by atomic mass is 10.2. The first-order chi connectivity index (χ1) is 10.0. The molecular weight excluding hydrogens is 308 g/mol. The fraction of sp³-hybridized carbons (Fsp3) is 0.571. The van der Waals surface area contributed by atoms with Gasteiger partial charge in [-0.3, -0.25) is 0 Å². The van der Waals surface area contributed by atoms with Crippen molar-refractivity contribution >= 4 is 21.8 Å². The number of nitrogens with one attached hydrogen (secondary N) is 1. The molecular formula is C14H22N2O3S2. The first-order valence-corrected chi connectivity index (χ1v) is 9.67. The molecule has 1 heterocycles. The predicted octanol–water partition coefficient (Wildman–Crippen LogP) is 0.814. The second-order valence-electron chi connectivity index (χ2n) is 5.11. The Balaban J connectivity index is 1.97. The molecule has 5 nitrogen and oxygen atoms in total. The minimum atomic E-state index is -3.52. The van der Waals surface area contributed by atoms with Gasteiger partial charge in [0.15, 0.2) is 0 Å². The number of aliphatic hydroxyl groups is 1. The van der Waals surface area contributed by atoms with E-state index in [9.17, 15) is 8.42 Å². The monoisotopic (exact) mass is 330 g/mol. The molecule has 0 aromatic heterocycles. The summed E-state index contributed by atoms with van der Waals surface area (Å²) in [5.74, 6) is 2.23. The van der Waals surface area contributed by atoms with Crippen molar-refractivity contribution in [2.24, 2.45) is 0 Å². The lowest BCUT2D eigenvalue weighted by molar-refractivity contribution is 0.281. The maximum Gasteiger partial charge on any atom is 0.240 e. The van der Waals surface area contributed by atoms with Gasteiger partial charge in [0.25, 0.3) is 0 Å². The summed E-state index contributed by atoms with van der Waals surface area (Å²) >= 11 is 1.94. The topological polar surface area (TPSA) is 69.6 Å². The Bertz CT molecular complexity index is 570. The summed E-state index contributed by atoms with van der Waals surface area (Å²) in [7, 11) is -3.52. The smallest absolute Gasteiger partial charge is 0.240 e. The highest BCUT2D eigenvalue weighted by Gasteiger charge is 2.18. The maximum absolute atomic E-state index is 12.3. The lowest BCUT2D eigenvalue weighted by Crippen LogP contribution is -2.39. The van der Waals surface area contributed by atoms with E-state index in [1.807, 2.05) is 11.8 Å². The van der Waals surface area contributed by atoms with Crippen LogP contribution in [0.15, 0.2) is 23.1 Å². The van der Waals surface area contributed by atoms with Crippen LogP contribution in [0.25, 0.3) is 0 Å². The Hall–Kier alpha value is -0.600. The van der Waals surface area contributed by atoms with Crippen LogP contribution < -0.4 is 4.72 Å². The third-order valence-electron chi connectivity index (χ3n) is 3.55. The zero-order chi connectivity index (χ0) is 15.3. The van der Waals surface area contributed by atoms with Gasteiger partial charge in [0.2, 0.25) is 10.0 Å². The number of benzene rings is 1. The van der Waals surface area contributed by atoms with Gasteiger partial charge in [-0.2, -0.15) is 11.8 Å². The Morgan fingerprint density at radius 3 is 2.71 bits per heavy atom. The number of aliphatic hydroxyl groups excluding tert-OH is 1. The summed E-state index contributed by atoms with van der Waals surface area (Å²) in [5, 5.41) is 9.14. The minimum absolute atomic E-state index is 0.158. The molecule has 0 spiro atoms.